The van der Waals surface area contributed by atoms with Crippen molar-refractivity contribution in [2.75, 3.05) is 0 Å². The van der Waals surface area contributed by atoms with Crippen LogP contribution in [0.5, 0.6) is 11.6 Å². The summed E-state index contributed by atoms with van der Waals surface area (Å²) in [6.45, 7) is 3.76. The summed E-state index contributed by atoms with van der Waals surface area (Å²) in [5.74, 6) is 0.584. The lowest BCUT2D eigenvalue weighted by molar-refractivity contribution is 0.361. The minimum Gasteiger partial charge on any atom is -0.508 e. The van der Waals surface area contributed by atoms with Gasteiger partial charge in [-0.2, -0.15) is 5.26 Å². The van der Waals surface area contributed by atoms with Crippen molar-refractivity contribution in [3.8, 4) is 17.7 Å². The van der Waals surface area contributed by atoms with E-state index in [0.717, 1.165) is 16.8 Å². The molecule has 0 amide bonds. The molecule has 4 N–H and O–H groups in total. The van der Waals surface area contributed by atoms with E-state index < -0.39 is 5.41 Å². The summed E-state index contributed by atoms with van der Waals surface area (Å²) in [6, 6.07) is 8.83. The van der Waals surface area contributed by atoms with Crippen molar-refractivity contribution in [1.29, 1.82) is 5.26 Å². The molecule has 1 aliphatic heterocycles. The summed E-state index contributed by atoms with van der Waals surface area (Å²) in [5.41, 5.74) is 7.84. The standard InChI is InChI=1S/C15H14N4O2/c1-8-12-14(19-18-8)21-13(17)11(7-16)15(12,2)9-3-5-10(20)6-4-9/h3-6,20H,17H2,1-2H3,(H,18,19). The Balaban J connectivity index is 2.33. The maximum Gasteiger partial charge on any atom is 0.244 e. The lowest BCUT2D eigenvalue weighted by Gasteiger charge is -2.34. The van der Waals surface area contributed by atoms with Crippen LogP contribution in [0.4, 0.5) is 0 Å². The van der Waals surface area contributed by atoms with E-state index in [-0.39, 0.29) is 11.6 Å². The second kappa shape index (κ2) is 4.28. The van der Waals surface area contributed by atoms with Crippen molar-refractivity contribution in [3.63, 3.8) is 0 Å². The first-order valence-electron chi connectivity index (χ1n) is 6.41. The van der Waals surface area contributed by atoms with E-state index in [1.165, 1.54) is 0 Å². The van der Waals surface area contributed by atoms with E-state index >= 15 is 0 Å². The van der Waals surface area contributed by atoms with Crippen LogP contribution in [-0.2, 0) is 5.41 Å². The summed E-state index contributed by atoms with van der Waals surface area (Å²) in [5, 5.41) is 26.0. The first-order valence-corrected chi connectivity index (χ1v) is 6.41. The van der Waals surface area contributed by atoms with Crippen molar-refractivity contribution >= 4 is 0 Å². The molecule has 21 heavy (non-hydrogen) atoms. The third-order valence-electron chi connectivity index (χ3n) is 3.92. The number of phenolic OH excluding ortho intramolecular Hbond substituents is 1. The van der Waals surface area contributed by atoms with Crippen molar-refractivity contribution < 1.29 is 9.84 Å². The summed E-state index contributed by atoms with van der Waals surface area (Å²) < 4.78 is 5.44. The van der Waals surface area contributed by atoms with Gasteiger partial charge in [-0.25, -0.2) is 0 Å². The lowest BCUT2D eigenvalue weighted by Crippen LogP contribution is -2.34. The average Bonchev–Trinajstić information content (AvgIpc) is 2.81. The van der Waals surface area contributed by atoms with Gasteiger partial charge in [0.15, 0.2) is 0 Å². The topological polar surface area (TPSA) is 108 Å². The molecule has 1 aliphatic rings. The van der Waals surface area contributed by atoms with Crippen LogP contribution in [0.15, 0.2) is 35.7 Å². The SMILES string of the molecule is Cc1[nH]nc2c1C(C)(c1ccc(O)cc1)C(C#N)=C(N)O2. The molecular formula is C15H14N4O2. The summed E-state index contributed by atoms with van der Waals surface area (Å²) >= 11 is 0. The molecule has 0 saturated heterocycles. The number of nitrogens with zero attached hydrogens (tertiary/aromatic N) is 2. The Bertz CT molecular complexity index is 783. The number of benzene rings is 1. The summed E-state index contributed by atoms with van der Waals surface area (Å²) in [6.07, 6.45) is 0. The van der Waals surface area contributed by atoms with Crippen molar-refractivity contribution in [1.82, 2.24) is 10.2 Å². The molecule has 2 aromatic rings. The van der Waals surface area contributed by atoms with Gasteiger partial charge in [-0.05, 0) is 31.5 Å². The number of aromatic nitrogens is 2. The Morgan fingerprint density at radius 2 is 2.05 bits per heavy atom. The smallest absolute Gasteiger partial charge is 0.244 e. The number of phenols is 1. The predicted octanol–water partition coefficient (Wildman–Crippen LogP) is 1.82. The number of aromatic hydroxyl groups is 1. The fourth-order valence-corrected chi connectivity index (χ4v) is 2.85. The maximum absolute atomic E-state index is 9.52. The van der Waals surface area contributed by atoms with Crippen molar-refractivity contribution in [2.45, 2.75) is 19.3 Å². The minimum atomic E-state index is -0.781. The van der Waals surface area contributed by atoms with Crippen LogP contribution in [0.2, 0.25) is 0 Å². The maximum atomic E-state index is 9.52. The van der Waals surface area contributed by atoms with Crippen LogP contribution >= 0.6 is 0 Å². The molecular weight excluding hydrogens is 268 g/mol. The number of allylic oxidation sites excluding steroid dienone is 1. The molecule has 0 bridgehead atoms. The third kappa shape index (κ3) is 1.68. The quantitative estimate of drug-likeness (QED) is 0.739. The molecule has 2 heterocycles. The Morgan fingerprint density at radius 1 is 1.38 bits per heavy atom. The van der Waals surface area contributed by atoms with Crippen LogP contribution < -0.4 is 10.5 Å². The van der Waals surface area contributed by atoms with Crippen LogP contribution in [0.3, 0.4) is 0 Å². The van der Waals surface area contributed by atoms with E-state index in [1.54, 1.807) is 24.3 Å². The molecule has 1 aromatic carbocycles. The zero-order chi connectivity index (χ0) is 15.2. The number of fused-ring (bicyclic) bond motifs is 1. The number of ether oxygens (including phenoxy) is 1. The lowest BCUT2D eigenvalue weighted by atomic mass is 9.70. The average molecular weight is 282 g/mol. The normalized spacial score (nSPS) is 20.6. The highest BCUT2D eigenvalue weighted by atomic mass is 16.5. The summed E-state index contributed by atoms with van der Waals surface area (Å²) in [4.78, 5) is 0. The molecule has 106 valence electrons. The van der Waals surface area contributed by atoms with Crippen LogP contribution in [0.1, 0.15) is 23.7 Å². The van der Waals surface area contributed by atoms with Gasteiger partial charge in [-0.1, -0.05) is 12.1 Å². The molecule has 0 fully saturated rings. The van der Waals surface area contributed by atoms with E-state index in [2.05, 4.69) is 16.3 Å². The van der Waals surface area contributed by atoms with Gasteiger partial charge in [0.1, 0.15) is 17.4 Å². The van der Waals surface area contributed by atoms with Crippen molar-refractivity contribution in [3.05, 3.63) is 52.5 Å². The van der Waals surface area contributed by atoms with E-state index in [1.807, 2.05) is 13.8 Å². The first kappa shape index (κ1) is 13.1. The zero-order valence-corrected chi connectivity index (χ0v) is 11.6. The molecule has 1 aromatic heterocycles. The summed E-state index contributed by atoms with van der Waals surface area (Å²) in [7, 11) is 0. The molecule has 0 aliphatic carbocycles. The van der Waals surface area contributed by atoms with E-state index in [0.29, 0.717) is 11.5 Å². The van der Waals surface area contributed by atoms with Gasteiger partial charge in [-0.3, -0.25) is 5.10 Å². The molecule has 0 spiro atoms. The van der Waals surface area contributed by atoms with Gasteiger partial charge in [0, 0.05) is 5.69 Å². The van der Waals surface area contributed by atoms with Gasteiger partial charge in [0.25, 0.3) is 0 Å². The van der Waals surface area contributed by atoms with Gasteiger partial charge in [0.2, 0.25) is 11.8 Å². The third-order valence-corrected chi connectivity index (χ3v) is 3.92. The van der Waals surface area contributed by atoms with Crippen LogP contribution in [0.25, 0.3) is 0 Å². The fraction of sp³-hybridized carbons (Fsp3) is 0.200. The first-order chi connectivity index (χ1) is 9.98. The van der Waals surface area contributed by atoms with Gasteiger partial charge >= 0.3 is 0 Å². The Morgan fingerprint density at radius 3 is 2.67 bits per heavy atom. The van der Waals surface area contributed by atoms with Crippen molar-refractivity contribution in [2.24, 2.45) is 5.73 Å². The number of nitrogens with two attached hydrogens (primary N) is 1. The number of rotatable bonds is 1. The second-order valence-electron chi connectivity index (χ2n) is 5.15. The number of aryl methyl sites for hydroxylation is 1. The molecule has 6 nitrogen and oxygen atoms in total. The van der Waals surface area contributed by atoms with Crippen LogP contribution in [0, 0.1) is 18.3 Å². The Kier molecular flexibility index (Phi) is 2.66. The molecule has 1 atom stereocenters. The second-order valence-corrected chi connectivity index (χ2v) is 5.15. The highest BCUT2D eigenvalue weighted by molar-refractivity contribution is 5.60. The number of hydrogen-bond acceptors (Lipinski definition) is 5. The molecule has 0 radical (unpaired) electrons. The monoisotopic (exact) mass is 282 g/mol. The van der Waals surface area contributed by atoms with Crippen LogP contribution in [-0.4, -0.2) is 15.3 Å². The predicted molar refractivity (Wildman–Crippen MR) is 75.3 cm³/mol. The minimum absolute atomic E-state index is 0.0482. The Hall–Kier alpha value is -2.94. The number of aromatic amines is 1. The zero-order valence-electron chi connectivity index (χ0n) is 11.6. The van der Waals surface area contributed by atoms with Gasteiger partial charge in [0.05, 0.1) is 11.0 Å². The number of nitriles is 1. The van der Waals surface area contributed by atoms with Gasteiger partial charge in [-0.15, -0.1) is 5.10 Å². The molecule has 6 heteroatoms. The van der Waals surface area contributed by atoms with E-state index in [4.69, 9.17) is 10.5 Å². The van der Waals surface area contributed by atoms with Gasteiger partial charge < -0.3 is 15.6 Å². The number of hydrogen-bond donors (Lipinski definition) is 3. The largest absolute Gasteiger partial charge is 0.508 e. The molecule has 0 saturated carbocycles. The molecule has 3 rings (SSSR count). The fourth-order valence-electron chi connectivity index (χ4n) is 2.85. The number of H-pyrrole nitrogens is 1. The Labute approximate surface area is 121 Å². The highest BCUT2D eigenvalue weighted by Crippen LogP contribution is 2.47. The van der Waals surface area contributed by atoms with E-state index in [9.17, 15) is 10.4 Å². The molecule has 1 unspecified atom stereocenters. The highest BCUT2D eigenvalue weighted by Gasteiger charge is 2.44. The number of nitrogens with one attached hydrogen (secondary N) is 1.